The first-order valence-corrected chi connectivity index (χ1v) is 14.3. The molecule has 41 heavy (non-hydrogen) atoms. The second-order valence-corrected chi connectivity index (χ2v) is 11.0. The Balaban J connectivity index is 1.64. The summed E-state index contributed by atoms with van der Waals surface area (Å²) in [5, 5.41) is 4.29. The summed E-state index contributed by atoms with van der Waals surface area (Å²) in [6.45, 7) is 6.06. The zero-order valence-corrected chi connectivity index (χ0v) is 24.4. The van der Waals surface area contributed by atoms with Crippen LogP contribution in [-0.2, 0) is 13.2 Å². The molecule has 1 aromatic heterocycles. The summed E-state index contributed by atoms with van der Waals surface area (Å²) in [5.41, 5.74) is 6.20. The molecule has 210 valence electrons. The number of aromatic nitrogens is 1. The molecule has 0 bridgehead atoms. The molecular formula is C36H39N3O2. The van der Waals surface area contributed by atoms with Gasteiger partial charge in [-0.1, -0.05) is 91.0 Å². The highest BCUT2D eigenvalue weighted by Crippen LogP contribution is 2.40. The number of likely N-dealkylation sites (N-methyl/N-ethyl adjacent to an activating group) is 1. The standard InChI is InChI=1S/C36H39N3O2/c1-26(2)37-36(40)35-34(31-17-11-12-18-32(31)39(35)24-23-38(3)4)33(28-15-9-6-10-16-28)29-19-21-30(22-20-29)41-25-27-13-7-5-8-14-27/h5-22,26,33H,23-25H2,1-4H3,(H,37,40). The summed E-state index contributed by atoms with van der Waals surface area (Å²) in [6.07, 6.45) is 0. The third-order valence-electron chi connectivity index (χ3n) is 7.30. The van der Waals surface area contributed by atoms with E-state index in [0.717, 1.165) is 51.1 Å². The molecule has 0 fully saturated rings. The van der Waals surface area contributed by atoms with Gasteiger partial charge < -0.3 is 19.5 Å². The number of rotatable bonds is 11. The van der Waals surface area contributed by atoms with Gasteiger partial charge in [0.1, 0.15) is 18.1 Å². The van der Waals surface area contributed by atoms with E-state index in [0.29, 0.717) is 13.2 Å². The number of nitrogens with one attached hydrogen (secondary N) is 1. The van der Waals surface area contributed by atoms with Crippen molar-refractivity contribution < 1.29 is 9.53 Å². The van der Waals surface area contributed by atoms with Crippen LogP contribution in [0.25, 0.3) is 10.9 Å². The molecule has 0 radical (unpaired) electrons. The predicted molar refractivity (Wildman–Crippen MR) is 168 cm³/mol. The van der Waals surface area contributed by atoms with Crippen molar-refractivity contribution in [2.24, 2.45) is 0 Å². The van der Waals surface area contributed by atoms with Crippen LogP contribution < -0.4 is 10.1 Å². The van der Waals surface area contributed by atoms with Crippen LogP contribution in [-0.4, -0.2) is 42.1 Å². The number of benzene rings is 4. The number of ether oxygens (including phenoxy) is 1. The first kappa shape index (κ1) is 28.2. The normalized spacial score (nSPS) is 12.1. The van der Waals surface area contributed by atoms with Gasteiger partial charge in [0.05, 0.1) is 0 Å². The van der Waals surface area contributed by atoms with Gasteiger partial charge >= 0.3 is 0 Å². The molecule has 0 saturated heterocycles. The van der Waals surface area contributed by atoms with E-state index in [1.54, 1.807) is 0 Å². The molecule has 1 amide bonds. The molecule has 5 heteroatoms. The molecule has 5 rings (SSSR count). The maximum atomic E-state index is 14.0. The third kappa shape index (κ3) is 6.53. The summed E-state index contributed by atoms with van der Waals surface area (Å²) in [4.78, 5) is 16.1. The monoisotopic (exact) mass is 545 g/mol. The van der Waals surface area contributed by atoms with E-state index in [9.17, 15) is 4.79 Å². The average Bonchev–Trinajstić information content (AvgIpc) is 3.30. The van der Waals surface area contributed by atoms with E-state index in [4.69, 9.17) is 4.74 Å². The van der Waals surface area contributed by atoms with Gasteiger partial charge in [-0.15, -0.1) is 0 Å². The lowest BCUT2D eigenvalue weighted by molar-refractivity contribution is 0.0932. The Labute approximate surface area is 243 Å². The molecule has 1 unspecified atom stereocenters. The minimum absolute atomic E-state index is 0.0203. The fraction of sp³-hybridized carbons (Fsp3) is 0.250. The summed E-state index contributed by atoms with van der Waals surface area (Å²) < 4.78 is 8.30. The zero-order valence-electron chi connectivity index (χ0n) is 24.4. The van der Waals surface area contributed by atoms with E-state index >= 15 is 0 Å². The van der Waals surface area contributed by atoms with Crippen molar-refractivity contribution in [3.8, 4) is 5.75 Å². The molecule has 0 aliphatic carbocycles. The second-order valence-electron chi connectivity index (χ2n) is 11.0. The molecule has 0 saturated carbocycles. The van der Waals surface area contributed by atoms with Crippen LogP contribution >= 0.6 is 0 Å². The molecule has 4 aromatic carbocycles. The first-order chi connectivity index (χ1) is 19.9. The van der Waals surface area contributed by atoms with E-state index in [-0.39, 0.29) is 17.9 Å². The van der Waals surface area contributed by atoms with Gasteiger partial charge in [0.2, 0.25) is 0 Å². The molecular weight excluding hydrogens is 506 g/mol. The number of carbonyl (C=O) groups is 1. The van der Waals surface area contributed by atoms with Crippen molar-refractivity contribution >= 4 is 16.8 Å². The highest BCUT2D eigenvalue weighted by molar-refractivity contribution is 6.03. The number of carbonyl (C=O) groups excluding carboxylic acids is 1. The zero-order chi connectivity index (χ0) is 28.8. The number of para-hydroxylation sites is 1. The maximum Gasteiger partial charge on any atom is 0.268 e. The summed E-state index contributed by atoms with van der Waals surface area (Å²) in [7, 11) is 4.13. The second kappa shape index (κ2) is 12.9. The van der Waals surface area contributed by atoms with E-state index in [1.165, 1.54) is 0 Å². The van der Waals surface area contributed by atoms with Gasteiger partial charge in [-0.05, 0) is 62.8 Å². The van der Waals surface area contributed by atoms with Crippen LogP contribution in [0.3, 0.4) is 0 Å². The van der Waals surface area contributed by atoms with Crippen LogP contribution in [0.15, 0.2) is 109 Å². The minimum atomic E-state index is -0.141. The third-order valence-corrected chi connectivity index (χ3v) is 7.30. The lowest BCUT2D eigenvalue weighted by Gasteiger charge is -2.22. The topological polar surface area (TPSA) is 46.5 Å². The molecule has 0 aliphatic rings. The van der Waals surface area contributed by atoms with Gasteiger partial charge in [-0.2, -0.15) is 0 Å². The molecule has 1 atom stereocenters. The molecule has 5 nitrogen and oxygen atoms in total. The van der Waals surface area contributed by atoms with Gasteiger partial charge in [0.15, 0.2) is 0 Å². The van der Waals surface area contributed by atoms with Crippen LogP contribution in [0, 0.1) is 0 Å². The Kier molecular flexibility index (Phi) is 8.85. The lowest BCUT2D eigenvalue weighted by Crippen LogP contribution is -2.33. The van der Waals surface area contributed by atoms with Crippen molar-refractivity contribution in [2.45, 2.75) is 39.0 Å². The van der Waals surface area contributed by atoms with Crippen LogP contribution in [0.2, 0.25) is 0 Å². The summed E-state index contributed by atoms with van der Waals surface area (Å²) >= 11 is 0. The fourth-order valence-electron chi connectivity index (χ4n) is 5.40. The van der Waals surface area contributed by atoms with E-state index in [1.807, 2.05) is 50.2 Å². The molecule has 1 N–H and O–H groups in total. The average molecular weight is 546 g/mol. The van der Waals surface area contributed by atoms with E-state index < -0.39 is 0 Å². The first-order valence-electron chi connectivity index (χ1n) is 14.3. The van der Waals surface area contributed by atoms with E-state index in [2.05, 4.69) is 102 Å². The van der Waals surface area contributed by atoms with Crippen LogP contribution in [0.4, 0.5) is 0 Å². The number of amides is 1. The van der Waals surface area contributed by atoms with Gasteiger partial charge in [-0.25, -0.2) is 0 Å². The minimum Gasteiger partial charge on any atom is -0.489 e. The Morgan fingerprint density at radius 3 is 2.07 bits per heavy atom. The maximum absolute atomic E-state index is 14.0. The highest BCUT2D eigenvalue weighted by atomic mass is 16.5. The van der Waals surface area contributed by atoms with Crippen molar-refractivity contribution in [1.82, 2.24) is 14.8 Å². The Hall–Kier alpha value is -4.35. The van der Waals surface area contributed by atoms with Gasteiger partial charge in [0, 0.05) is 41.5 Å². The largest absolute Gasteiger partial charge is 0.489 e. The van der Waals surface area contributed by atoms with Crippen molar-refractivity contribution in [3.63, 3.8) is 0 Å². The van der Waals surface area contributed by atoms with Crippen molar-refractivity contribution in [1.29, 1.82) is 0 Å². The summed E-state index contributed by atoms with van der Waals surface area (Å²) in [6, 6.07) is 37.4. The Morgan fingerprint density at radius 1 is 0.805 bits per heavy atom. The smallest absolute Gasteiger partial charge is 0.268 e. The number of nitrogens with zero attached hydrogens (tertiary/aromatic N) is 2. The quantitative estimate of drug-likeness (QED) is 0.193. The number of hydrogen-bond acceptors (Lipinski definition) is 3. The lowest BCUT2D eigenvalue weighted by atomic mass is 9.83. The van der Waals surface area contributed by atoms with Crippen LogP contribution in [0.5, 0.6) is 5.75 Å². The molecule has 0 spiro atoms. The molecule has 5 aromatic rings. The highest BCUT2D eigenvalue weighted by Gasteiger charge is 2.30. The number of fused-ring (bicyclic) bond motifs is 1. The Morgan fingerprint density at radius 2 is 1.41 bits per heavy atom. The van der Waals surface area contributed by atoms with Crippen molar-refractivity contribution in [3.05, 3.63) is 137 Å². The SMILES string of the molecule is CC(C)NC(=O)c1c(C(c2ccccc2)c2ccc(OCc3ccccc3)cc2)c2ccccc2n1CCN(C)C. The predicted octanol–water partition coefficient (Wildman–Crippen LogP) is 7.10. The summed E-state index contributed by atoms with van der Waals surface area (Å²) in [5.74, 6) is 0.627. The molecule has 0 aliphatic heterocycles. The number of hydrogen-bond donors (Lipinski definition) is 1. The Bertz CT molecular complexity index is 1570. The molecule has 1 heterocycles. The fourth-order valence-corrected chi connectivity index (χ4v) is 5.40. The van der Waals surface area contributed by atoms with Gasteiger partial charge in [0.25, 0.3) is 5.91 Å². The van der Waals surface area contributed by atoms with Gasteiger partial charge in [-0.3, -0.25) is 4.79 Å². The van der Waals surface area contributed by atoms with Crippen molar-refractivity contribution in [2.75, 3.05) is 20.6 Å². The van der Waals surface area contributed by atoms with Crippen LogP contribution in [0.1, 0.15) is 52.5 Å².